The molecule has 0 bridgehead atoms. The Balaban J connectivity index is 2.56. The van der Waals surface area contributed by atoms with Gasteiger partial charge in [-0.2, -0.15) is 0 Å². The summed E-state index contributed by atoms with van der Waals surface area (Å²) in [5, 5.41) is 14.3. The molecule has 0 heterocycles. The van der Waals surface area contributed by atoms with E-state index in [-0.39, 0.29) is 6.54 Å². The minimum Gasteiger partial charge on any atom is -0.480 e. The molecule has 0 saturated heterocycles. The summed E-state index contributed by atoms with van der Waals surface area (Å²) >= 11 is 0. The lowest BCUT2D eigenvalue weighted by molar-refractivity contribution is -0.145. The molecule has 0 aromatic heterocycles. The van der Waals surface area contributed by atoms with Crippen LogP contribution in [0.3, 0.4) is 0 Å². The van der Waals surface area contributed by atoms with E-state index in [2.05, 4.69) is 22.5 Å². The van der Waals surface area contributed by atoms with Gasteiger partial charge in [-0.15, -0.1) is 5.92 Å². The van der Waals surface area contributed by atoms with Crippen LogP contribution < -0.4 is 10.6 Å². The molecule has 1 rings (SSSR count). The lowest BCUT2D eigenvalue weighted by Crippen LogP contribution is -2.58. The fourth-order valence-corrected chi connectivity index (χ4v) is 2.02. The largest absolute Gasteiger partial charge is 0.480 e. The van der Waals surface area contributed by atoms with E-state index in [0.29, 0.717) is 12.8 Å². The number of carbonyl (C=O) groups is 2. The lowest BCUT2D eigenvalue weighted by Gasteiger charge is -2.33. The fraction of sp³-hybridized carbons (Fsp3) is 0.667. The molecular formula is C12H18N2O3. The number of urea groups is 1. The number of carboxylic acids is 1. The van der Waals surface area contributed by atoms with Crippen LogP contribution in [0.1, 0.15) is 39.0 Å². The Morgan fingerprint density at radius 1 is 1.29 bits per heavy atom. The number of carboxylic acid groups (broad SMARTS) is 1. The highest BCUT2D eigenvalue weighted by Crippen LogP contribution is 2.28. The first kappa shape index (κ1) is 13.4. The van der Waals surface area contributed by atoms with E-state index < -0.39 is 17.5 Å². The Hall–Kier alpha value is -1.70. The summed E-state index contributed by atoms with van der Waals surface area (Å²) in [6.45, 7) is 1.91. The second-order valence-electron chi connectivity index (χ2n) is 4.18. The van der Waals surface area contributed by atoms with Crippen LogP contribution in [-0.2, 0) is 4.79 Å². The van der Waals surface area contributed by atoms with Crippen LogP contribution >= 0.6 is 0 Å². The van der Waals surface area contributed by atoms with Crippen molar-refractivity contribution >= 4 is 12.0 Å². The van der Waals surface area contributed by atoms with E-state index in [1.54, 1.807) is 6.92 Å². The molecule has 5 nitrogen and oxygen atoms in total. The van der Waals surface area contributed by atoms with Gasteiger partial charge in [0.05, 0.1) is 6.54 Å². The number of rotatable bonds is 3. The SMILES string of the molecule is CC#CCNC(=O)NC1(C(=O)O)CCCCC1. The molecule has 5 heteroatoms. The highest BCUT2D eigenvalue weighted by molar-refractivity contribution is 5.86. The number of hydrogen-bond donors (Lipinski definition) is 3. The van der Waals surface area contributed by atoms with Crippen molar-refractivity contribution in [3.8, 4) is 11.8 Å². The topological polar surface area (TPSA) is 78.4 Å². The minimum absolute atomic E-state index is 0.234. The number of aliphatic carboxylic acids is 1. The third-order valence-corrected chi connectivity index (χ3v) is 2.98. The Kier molecular flexibility index (Phi) is 4.83. The average Bonchev–Trinajstić information content (AvgIpc) is 2.30. The summed E-state index contributed by atoms with van der Waals surface area (Å²) in [4.78, 5) is 22.8. The molecule has 1 aliphatic carbocycles. The minimum atomic E-state index is -1.10. The maximum absolute atomic E-state index is 11.5. The first-order valence-electron chi connectivity index (χ1n) is 5.80. The van der Waals surface area contributed by atoms with Gasteiger partial charge in [-0.3, -0.25) is 0 Å². The van der Waals surface area contributed by atoms with E-state index >= 15 is 0 Å². The number of hydrogen-bond acceptors (Lipinski definition) is 2. The summed E-state index contributed by atoms with van der Waals surface area (Å²) in [6, 6.07) is -0.461. The third-order valence-electron chi connectivity index (χ3n) is 2.98. The van der Waals surface area contributed by atoms with Crippen LogP contribution in [0, 0.1) is 11.8 Å². The predicted octanol–water partition coefficient (Wildman–Crippen LogP) is 1.10. The van der Waals surface area contributed by atoms with Gasteiger partial charge in [0, 0.05) is 0 Å². The van der Waals surface area contributed by atoms with Crippen LogP contribution in [0.4, 0.5) is 4.79 Å². The summed E-state index contributed by atoms with van der Waals surface area (Å²) < 4.78 is 0. The third kappa shape index (κ3) is 3.66. The Morgan fingerprint density at radius 3 is 2.47 bits per heavy atom. The molecule has 1 aliphatic rings. The van der Waals surface area contributed by atoms with Crippen molar-refractivity contribution in [2.45, 2.75) is 44.6 Å². The molecule has 94 valence electrons. The lowest BCUT2D eigenvalue weighted by atomic mass is 9.82. The highest BCUT2D eigenvalue weighted by Gasteiger charge is 2.40. The van der Waals surface area contributed by atoms with E-state index in [0.717, 1.165) is 19.3 Å². The second kappa shape index (κ2) is 6.14. The van der Waals surface area contributed by atoms with Gasteiger partial charge in [0.2, 0.25) is 0 Å². The molecule has 0 unspecified atom stereocenters. The smallest absolute Gasteiger partial charge is 0.329 e. The van der Waals surface area contributed by atoms with E-state index in [4.69, 9.17) is 0 Å². The van der Waals surface area contributed by atoms with Gasteiger partial charge < -0.3 is 15.7 Å². The Bertz CT molecular complexity index is 348. The van der Waals surface area contributed by atoms with E-state index in [1.165, 1.54) is 0 Å². The van der Waals surface area contributed by atoms with Crippen LogP contribution in [0.5, 0.6) is 0 Å². The molecule has 0 atom stereocenters. The van der Waals surface area contributed by atoms with Crippen molar-refractivity contribution in [2.75, 3.05) is 6.54 Å². The van der Waals surface area contributed by atoms with Crippen LogP contribution in [-0.4, -0.2) is 29.2 Å². The Morgan fingerprint density at radius 2 is 1.94 bits per heavy atom. The summed E-state index contributed by atoms with van der Waals surface area (Å²) in [5.74, 6) is 4.39. The molecule has 0 radical (unpaired) electrons. The summed E-state index contributed by atoms with van der Waals surface area (Å²) in [7, 11) is 0. The standard InChI is InChI=1S/C12H18N2O3/c1-2-3-9-13-11(17)14-12(10(15)16)7-5-4-6-8-12/h4-9H2,1H3,(H,15,16)(H2,13,14,17). The van der Waals surface area contributed by atoms with Crippen molar-refractivity contribution in [3.05, 3.63) is 0 Å². The first-order chi connectivity index (χ1) is 8.10. The fourth-order valence-electron chi connectivity index (χ4n) is 2.02. The number of amides is 2. The van der Waals surface area contributed by atoms with Gasteiger partial charge >= 0.3 is 12.0 Å². The Labute approximate surface area is 101 Å². The van der Waals surface area contributed by atoms with Gasteiger partial charge in [-0.25, -0.2) is 9.59 Å². The second-order valence-corrected chi connectivity index (χ2v) is 4.18. The number of nitrogens with one attached hydrogen (secondary N) is 2. The molecule has 0 aromatic rings. The highest BCUT2D eigenvalue weighted by atomic mass is 16.4. The van der Waals surface area contributed by atoms with Gasteiger partial charge in [0.15, 0.2) is 0 Å². The zero-order chi connectivity index (χ0) is 12.7. The van der Waals surface area contributed by atoms with Crippen molar-refractivity contribution in [1.29, 1.82) is 0 Å². The average molecular weight is 238 g/mol. The predicted molar refractivity (Wildman–Crippen MR) is 63.4 cm³/mol. The molecule has 0 spiro atoms. The molecule has 2 amide bonds. The quantitative estimate of drug-likeness (QED) is 0.644. The zero-order valence-corrected chi connectivity index (χ0v) is 10.0. The maximum atomic E-state index is 11.5. The van der Waals surface area contributed by atoms with Crippen molar-refractivity contribution < 1.29 is 14.7 Å². The van der Waals surface area contributed by atoms with Crippen molar-refractivity contribution in [2.24, 2.45) is 0 Å². The van der Waals surface area contributed by atoms with E-state index in [1.807, 2.05) is 0 Å². The van der Waals surface area contributed by atoms with Crippen LogP contribution in [0.15, 0.2) is 0 Å². The molecule has 1 saturated carbocycles. The van der Waals surface area contributed by atoms with Crippen LogP contribution in [0.2, 0.25) is 0 Å². The van der Waals surface area contributed by atoms with Crippen molar-refractivity contribution in [1.82, 2.24) is 10.6 Å². The molecule has 17 heavy (non-hydrogen) atoms. The summed E-state index contributed by atoms with van der Waals surface area (Å²) in [5.41, 5.74) is -1.10. The summed E-state index contributed by atoms with van der Waals surface area (Å²) in [6.07, 6.45) is 3.69. The van der Waals surface area contributed by atoms with E-state index in [9.17, 15) is 14.7 Å². The van der Waals surface area contributed by atoms with Gasteiger partial charge in [-0.05, 0) is 19.8 Å². The number of carbonyl (C=O) groups excluding carboxylic acids is 1. The van der Waals surface area contributed by atoms with Gasteiger partial charge in [-0.1, -0.05) is 25.2 Å². The molecule has 0 aliphatic heterocycles. The van der Waals surface area contributed by atoms with Gasteiger partial charge in [0.1, 0.15) is 5.54 Å². The van der Waals surface area contributed by atoms with Crippen molar-refractivity contribution in [3.63, 3.8) is 0 Å². The van der Waals surface area contributed by atoms with Gasteiger partial charge in [0.25, 0.3) is 0 Å². The van der Waals surface area contributed by atoms with Crippen LogP contribution in [0.25, 0.3) is 0 Å². The molecule has 3 N–H and O–H groups in total. The maximum Gasteiger partial charge on any atom is 0.329 e. The molecule has 0 aromatic carbocycles. The molecular weight excluding hydrogens is 220 g/mol. The molecule has 1 fully saturated rings. The normalized spacial score (nSPS) is 17.5. The zero-order valence-electron chi connectivity index (χ0n) is 10.0. The first-order valence-corrected chi connectivity index (χ1v) is 5.80. The monoisotopic (exact) mass is 238 g/mol.